The van der Waals surface area contributed by atoms with Gasteiger partial charge in [-0.1, -0.05) is 23.2 Å². The number of phenols is 1. The third kappa shape index (κ3) is 3.49. The molecule has 1 saturated heterocycles. The molecule has 1 aliphatic carbocycles. The van der Waals surface area contributed by atoms with Crippen molar-refractivity contribution in [2.45, 2.75) is 37.8 Å². The summed E-state index contributed by atoms with van der Waals surface area (Å²) < 4.78 is 0. The number of phenolic OH excluding ortho intramolecular Hbond substituents is 1. The van der Waals surface area contributed by atoms with Crippen molar-refractivity contribution in [2.75, 3.05) is 13.1 Å². The van der Waals surface area contributed by atoms with Crippen LogP contribution < -0.4 is 5.73 Å². The van der Waals surface area contributed by atoms with Gasteiger partial charge in [0.1, 0.15) is 5.75 Å². The summed E-state index contributed by atoms with van der Waals surface area (Å²) in [5.74, 6) is 0.345. The molecule has 1 heterocycles. The summed E-state index contributed by atoms with van der Waals surface area (Å²) in [6, 6.07) is 2.69. The van der Waals surface area contributed by atoms with E-state index in [1.165, 1.54) is 6.07 Å². The molecule has 5 nitrogen and oxygen atoms in total. The fourth-order valence-corrected chi connectivity index (χ4v) is 3.93. The van der Waals surface area contributed by atoms with Gasteiger partial charge in [0.05, 0.1) is 16.1 Å². The number of amides is 1. The number of hydrogen-bond donors (Lipinski definition) is 3. The van der Waals surface area contributed by atoms with E-state index in [0.29, 0.717) is 41.5 Å². The third-order valence-corrected chi connectivity index (χ3v) is 5.97. The Morgan fingerprint density at radius 2 is 1.79 bits per heavy atom. The molecular formula is C17H22Cl2N2O3. The first-order valence-electron chi connectivity index (χ1n) is 8.27. The van der Waals surface area contributed by atoms with Gasteiger partial charge in [-0.05, 0) is 37.7 Å². The van der Waals surface area contributed by atoms with Gasteiger partial charge in [0.2, 0.25) is 5.91 Å². The largest absolute Gasteiger partial charge is 0.508 e. The number of rotatable bonds is 3. The minimum atomic E-state index is -0.345. The maximum absolute atomic E-state index is 12.3. The van der Waals surface area contributed by atoms with Gasteiger partial charge < -0.3 is 20.8 Å². The van der Waals surface area contributed by atoms with E-state index < -0.39 is 0 Å². The second kappa shape index (κ2) is 7.08. The van der Waals surface area contributed by atoms with Crippen molar-refractivity contribution in [1.82, 2.24) is 4.90 Å². The van der Waals surface area contributed by atoms with Crippen LogP contribution in [0.15, 0.2) is 12.1 Å². The molecular weight excluding hydrogens is 351 g/mol. The smallest absolute Gasteiger partial charge is 0.225 e. The molecule has 7 heteroatoms. The number of halogens is 2. The van der Waals surface area contributed by atoms with Gasteiger partial charge in [0.25, 0.3) is 0 Å². The molecule has 132 valence electrons. The predicted octanol–water partition coefficient (Wildman–Crippen LogP) is 2.71. The van der Waals surface area contributed by atoms with Crippen LogP contribution in [0.3, 0.4) is 0 Å². The van der Waals surface area contributed by atoms with Crippen LogP contribution >= 0.6 is 23.2 Å². The predicted molar refractivity (Wildman–Crippen MR) is 93.1 cm³/mol. The van der Waals surface area contributed by atoms with Crippen LogP contribution in [0.5, 0.6) is 5.75 Å². The summed E-state index contributed by atoms with van der Waals surface area (Å²) in [6.07, 6.45) is 2.40. The summed E-state index contributed by atoms with van der Waals surface area (Å²) in [4.78, 5) is 14.2. The monoisotopic (exact) mass is 372 g/mol. The number of likely N-dealkylation sites (tertiary alicyclic amines) is 1. The number of aliphatic hydroxyl groups excluding tert-OH is 1. The van der Waals surface area contributed by atoms with Crippen molar-refractivity contribution in [2.24, 2.45) is 17.6 Å². The lowest BCUT2D eigenvalue weighted by atomic mass is 9.80. The molecule has 1 aromatic carbocycles. The van der Waals surface area contributed by atoms with E-state index in [-0.39, 0.29) is 35.6 Å². The van der Waals surface area contributed by atoms with Crippen molar-refractivity contribution in [3.63, 3.8) is 0 Å². The molecule has 0 aromatic heterocycles. The molecule has 1 amide bonds. The standard InChI is InChI=1S/C17H22Cl2N2O3/c18-13-7-12(15(23)8-14(13)19)16(20)9-1-3-21(4-2-9)17(24)10-5-11(22)6-10/h7-11,16,22-23H,1-6,20H2/t10?,11?,16-/m1/s1. The number of aliphatic hydroxyl groups is 1. The number of nitrogens with zero attached hydrogens (tertiary/aromatic N) is 1. The van der Waals surface area contributed by atoms with E-state index >= 15 is 0 Å². The average Bonchev–Trinajstić information content (AvgIpc) is 2.54. The van der Waals surface area contributed by atoms with E-state index in [1.54, 1.807) is 6.07 Å². The lowest BCUT2D eigenvalue weighted by Crippen LogP contribution is -2.47. The van der Waals surface area contributed by atoms with Crippen molar-refractivity contribution < 1.29 is 15.0 Å². The first kappa shape index (κ1) is 17.8. The van der Waals surface area contributed by atoms with Crippen LogP contribution in [0, 0.1) is 11.8 Å². The zero-order valence-electron chi connectivity index (χ0n) is 13.3. The molecule has 4 N–H and O–H groups in total. The Morgan fingerprint density at radius 1 is 1.21 bits per heavy atom. The molecule has 1 aromatic rings. The summed E-state index contributed by atoms with van der Waals surface area (Å²) in [6.45, 7) is 1.32. The van der Waals surface area contributed by atoms with Crippen LogP contribution in [0.1, 0.15) is 37.3 Å². The summed E-state index contributed by atoms with van der Waals surface area (Å²) in [5.41, 5.74) is 6.92. The number of hydrogen-bond acceptors (Lipinski definition) is 4. The normalized spacial score (nSPS) is 26.1. The minimum absolute atomic E-state index is 0.0238. The van der Waals surface area contributed by atoms with E-state index in [1.807, 2.05) is 4.90 Å². The van der Waals surface area contributed by atoms with Crippen LogP contribution in [0.2, 0.25) is 10.0 Å². The molecule has 0 radical (unpaired) electrons. The Bertz CT molecular complexity index is 627. The number of piperidine rings is 1. The number of carbonyl (C=O) groups excluding carboxylic acids is 1. The van der Waals surface area contributed by atoms with Crippen molar-refractivity contribution in [3.8, 4) is 5.75 Å². The van der Waals surface area contributed by atoms with Gasteiger partial charge in [-0.3, -0.25) is 4.79 Å². The van der Waals surface area contributed by atoms with Crippen LogP contribution in [-0.2, 0) is 4.79 Å². The topological polar surface area (TPSA) is 86.8 Å². The molecule has 0 spiro atoms. The lowest BCUT2D eigenvalue weighted by Gasteiger charge is -2.39. The highest BCUT2D eigenvalue weighted by molar-refractivity contribution is 6.42. The Morgan fingerprint density at radius 3 is 2.38 bits per heavy atom. The number of nitrogens with two attached hydrogens (primary N) is 1. The maximum atomic E-state index is 12.3. The highest BCUT2D eigenvalue weighted by Crippen LogP contribution is 2.38. The van der Waals surface area contributed by atoms with Gasteiger partial charge in [0, 0.05) is 36.7 Å². The zero-order chi connectivity index (χ0) is 17.4. The van der Waals surface area contributed by atoms with E-state index in [2.05, 4.69) is 0 Å². The third-order valence-electron chi connectivity index (χ3n) is 5.25. The fourth-order valence-electron chi connectivity index (χ4n) is 3.60. The van der Waals surface area contributed by atoms with Crippen LogP contribution in [0.25, 0.3) is 0 Å². The Kier molecular flexibility index (Phi) is 5.25. The highest BCUT2D eigenvalue weighted by Gasteiger charge is 2.37. The van der Waals surface area contributed by atoms with Gasteiger partial charge >= 0.3 is 0 Å². The van der Waals surface area contributed by atoms with Gasteiger partial charge in [-0.25, -0.2) is 0 Å². The van der Waals surface area contributed by atoms with Crippen molar-refractivity contribution in [1.29, 1.82) is 0 Å². The van der Waals surface area contributed by atoms with Gasteiger partial charge in [-0.15, -0.1) is 0 Å². The zero-order valence-corrected chi connectivity index (χ0v) is 14.8. The minimum Gasteiger partial charge on any atom is -0.508 e. The molecule has 0 bridgehead atoms. The van der Waals surface area contributed by atoms with E-state index in [9.17, 15) is 15.0 Å². The number of carbonyl (C=O) groups is 1. The lowest BCUT2D eigenvalue weighted by molar-refractivity contribution is -0.143. The van der Waals surface area contributed by atoms with Crippen molar-refractivity contribution in [3.05, 3.63) is 27.7 Å². The molecule has 2 aliphatic rings. The number of aromatic hydroxyl groups is 1. The molecule has 3 rings (SSSR count). The fraction of sp³-hybridized carbons (Fsp3) is 0.588. The molecule has 1 aliphatic heterocycles. The number of benzene rings is 1. The highest BCUT2D eigenvalue weighted by atomic mass is 35.5. The van der Waals surface area contributed by atoms with Crippen LogP contribution in [-0.4, -0.2) is 40.2 Å². The van der Waals surface area contributed by atoms with E-state index in [4.69, 9.17) is 28.9 Å². The second-order valence-corrected chi connectivity index (χ2v) is 7.65. The Labute approximate surface area is 151 Å². The van der Waals surface area contributed by atoms with Gasteiger partial charge in [0.15, 0.2) is 0 Å². The SMILES string of the molecule is N[C@@H](c1cc(Cl)c(Cl)cc1O)C1CCN(C(=O)C2CC(O)C2)CC1. The van der Waals surface area contributed by atoms with Crippen LogP contribution in [0.4, 0.5) is 0 Å². The van der Waals surface area contributed by atoms with Crippen molar-refractivity contribution >= 4 is 29.1 Å². The Balaban J connectivity index is 1.60. The van der Waals surface area contributed by atoms with Gasteiger partial charge in [-0.2, -0.15) is 0 Å². The summed E-state index contributed by atoms with van der Waals surface area (Å²) in [5, 5.41) is 20.1. The molecule has 1 saturated carbocycles. The molecule has 2 fully saturated rings. The molecule has 1 atom stereocenters. The molecule has 24 heavy (non-hydrogen) atoms. The Hall–Kier alpha value is -1.01. The first-order valence-corrected chi connectivity index (χ1v) is 9.02. The second-order valence-electron chi connectivity index (χ2n) is 6.84. The average molecular weight is 373 g/mol. The summed E-state index contributed by atoms with van der Waals surface area (Å²) >= 11 is 11.9. The van der Waals surface area contributed by atoms with E-state index in [0.717, 1.165) is 12.8 Å². The molecule has 0 unspecified atom stereocenters. The first-order chi connectivity index (χ1) is 11.4. The summed E-state index contributed by atoms with van der Waals surface area (Å²) in [7, 11) is 0. The quantitative estimate of drug-likeness (QED) is 0.760. The maximum Gasteiger partial charge on any atom is 0.225 e.